The van der Waals surface area contributed by atoms with Gasteiger partial charge in [0.05, 0.1) is 17.3 Å². The summed E-state index contributed by atoms with van der Waals surface area (Å²) in [6.45, 7) is 1.15. The molecule has 10 heteroatoms. The molecule has 4 aromatic rings. The Bertz CT molecular complexity index is 1320. The number of aromatic nitrogens is 3. The molecule has 1 N–H and O–H groups in total. The maximum atomic E-state index is 13.1. The molecule has 1 aliphatic rings. The van der Waals surface area contributed by atoms with Crippen LogP contribution in [0.1, 0.15) is 10.4 Å². The fraction of sp³-hybridized carbons (Fsp3) is 0.211. The van der Waals surface area contributed by atoms with Crippen LogP contribution in [0.3, 0.4) is 0 Å². The maximum Gasteiger partial charge on any atom is 0.256 e. The van der Waals surface area contributed by atoms with Gasteiger partial charge in [0, 0.05) is 43.3 Å². The second kappa shape index (κ2) is 6.90. The van der Waals surface area contributed by atoms with Gasteiger partial charge in [-0.25, -0.2) is 8.42 Å². The smallest absolute Gasteiger partial charge is 0.256 e. The lowest BCUT2D eigenvalue weighted by molar-refractivity contribution is 0.0700. The SMILES string of the molecule is O=C(c1c[nH]c2ccccc12)N1CCN(S(=O)(=O)c2cccc3nsnc23)CC1. The molecule has 2 aromatic carbocycles. The zero-order valence-corrected chi connectivity index (χ0v) is 16.9. The van der Waals surface area contributed by atoms with Gasteiger partial charge in [-0.15, -0.1) is 0 Å². The van der Waals surface area contributed by atoms with Crippen LogP contribution in [0.4, 0.5) is 0 Å². The number of sulfonamides is 1. The number of rotatable bonds is 3. The summed E-state index contributed by atoms with van der Waals surface area (Å²) < 4.78 is 35.9. The van der Waals surface area contributed by atoms with Crippen LogP contribution in [-0.4, -0.2) is 63.4 Å². The Kier molecular flexibility index (Phi) is 4.34. The summed E-state index contributed by atoms with van der Waals surface area (Å²) in [6.07, 6.45) is 1.71. The van der Waals surface area contributed by atoms with Crippen LogP contribution in [0.5, 0.6) is 0 Å². The zero-order chi connectivity index (χ0) is 20.0. The predicted molar refractivity (Wildman–Crippen MR) is 110 cm³/mol. The number of nitrogens with zero attached hydrogens (tertiary/aromatic N) is 4. The van der Waals surface area contributed by atoms with E-state index in [0.29, 0.717) is 29.7 Å². The highest BCUT2D eigenvalue weighted by Crippen LogP contribution is 2.26. The van der Waals surface area contributed by atoms with E-state index in [0.717, 1.165) is 22.6 Å². The van der Waals surface area contributed by atoms with Gasteiger partial charge < -0.3 is 9.88 Å². The Morgan fingerprint density at radius 1 is 1.00 bits per heavy atom. The van der Waals surface area contributed by atoms with E-state index in [9.17, 15) is 13.2 Å². The van der Waals surface area contributed by atoms with Gasteiger partial charge in [0.25, 0.3) is 5.91 Å². The topological polar surface area (TPSA) is 99.3 Å². The van der Waals surface area contributed by atoms with E-state index >= 15 is 0 Å². The predicted octanol–water partition coefficient (Wildman–Crippen LogP) is 2.32. The van der Waals surface area contributed by atoms with E-state index < -0.39 is 10.0 Å². The molecule has 8 nitrogen and oxygen atoms in total. The van der Waals surface area contributed by atoms with Crippen LogP contribution in [0, 0.1) is 0 Å². The monoisotopic (exact) mass is 427 g/mol. The number of carbonyl (C=O) groups excluding carboxylic acids is 1. The molecular weight excluding hydrogens is 410 g/mol. The van der Waals surface area contributed by atoms with Crippen molar-refractivity contribution in [3.63, 3.8) is 0 Å². The number of hydrogen-bond donors (Lipinski definition) is 1. The molecule has 5 rings (SSSR count). The summed E-state index contributed by atoms with van der Waals surface area (Å²) in [6, 6.07) is 12.6. The Hall–Kier alpha value is -2.82. The summed E-state index contributed by atoms with van der Waals surface area (Å²) in [5, 5.41) is 0.871. The second-order valence-electron chi connectivity index (χ2n) is 6.83. The second-order valence-corrected chi connectivity index (χ2v) is 9.27. The number of H-pyrrole nitrogens is 1. The van der Waals surface area contributed by atoms with Gasteiger partial charge in [0.15, 0.2) is 0 Å². The van der Waals surface area contributed by atoms with Crippen molar-refractivity contribution in [2.75, 3.05) is 26.2 Å². The summed E-state index contributed by atoms with van der Waals surface area (Å²) in [7, 11) is -3.70. The van der Waals surface area contributed by atoms with Crippen LogP contribution in [0.25, 0.3) is 21.9 Å². The van der Waals surface area contributed by atoms with Gasteiger partial charge in [-0.3, -0.25) is 4.79 Å². The van der Waals surface area contributed by atoms with Crippen molar-refractivity contribution in [1.29, 1.82) is 0 Å². The first kappa shape index (κ1) is 18.2. The molecule has 0 saturated carbocycles. The summed E-state index contributed by atoms with van der Waals surface area (Å²) in [5.74, 6) is -0.0923. The summed E-state index contributed by atoms with van der Waals surface area (Å²) in [5.41, 5.74) is 2.48. The maximum absolute atomic E-state index is 13.1. The van der Waals surface area contributed by atoms with Gasteiger partial charge in [-0.1, -0.05) is 24.3 Å². The molecule has 1 saturated heterocycles. The number of aromatic amines is 1. The van der Waals surface area contributed by atoms with Crippen molar-refractivity contribution in [1.82, 2.24) is 22.9 Å². The van der Waals surface area contributed by atoms with E-state index in [1.807, 2.05) is 24.3 Å². The van der Waals surface area contributed by atoms with Crippen molar-refractivity contribution in [2.45, 2.75) is 4.90 Å². The molecule has 148 valence electrons. The van der Waals surface area contributed by atoms with Gasteiger partial charge in [-0.2, -0.15) is 13.1 Å². The number of amides is 1. The number of carbonyl (C=O) groups is 1. The first-order valence-electron chi connectivity index (χ1n) is 9.12. The van der Waals surface area contributed by atoms with Crippen molar-refractivity contribution < 1.29 is 13.2 Å². The Labute approximate surface area is 171 Å². The minimum Gasteiger partial charge on any atom is -0.360 e. The molecule has 1 fully saturated rings. The van der Waals surface area contributed by atoms with E-state index in [-0.39, 0.29) is 23.9 Å². The summed E-state index contributed by atoms with van der Waals surface area (Å²) >= 11 is 0.995. The molecule has 3 heterocycles. The third kappa shape index (κ3) is 3.00. The number of hydrogen-bond acceptors (Lipinski definition) is 6. The van der Waals surface area contributed by atoms with Crippen LogP contribution in [0.2, 0.25) is 0 Å². The highest BCUT2D eigenvalue weighted by molar-refractivity contribution is 7.89. The molecule has 0 radical (unpaired) electrons. The van der Waals surface area contributed by atoms with Crippen molar-refractivity contribution in [3.8, 4) is 0 Å². The normalized spacial score (nSPS) is 15.9. The van der Waals surface area contributed by atoms with Crippen LogP contribution in [-0.2, 0) is 10.0 Å². The third-order valence-corrected chi connectivity index (χ3v) is 7.69. The molecule has 1 amide bonds. The highest BCUT2D eigenvalue weighted by Gasteiger charge is 2.32. The Morgan fingerprint density at radius 2 is 1.79 bits per heavy atom. The minimum absolute atomic E-state index is 0.0923. The van der Waals surface area contributed by atoms with Gasteiger partial charge in [-0.05, 0) is 18.2 Å². The Morgan fingerprint density at radius 3 is 2.62 bits per heavy atom. The first-order valence-corrected chi connectivity index (χ1v) is 11.3. The first-order chi connectivity index (χ1) is 14.1. The third-order valence-electron chi connectivity index (χ3n) is 5.21. The van der Waals surface area contributed by atoms with Crippen molar-refractivity contribution in [2.24, 2.45) is 0 Å². The van der Waals surface area contributed by atoms with Crippen molar-refractivity contribution >= 4 is 49.6 Å². The van der Waals surface area contributed by atoms with Crippen LogP contribution >= 0.6 is 11.7 Å². The molecule has 0 spiro atoms. The van der Waals surface area contributed by atoms with Crippen LogP contribution < -0.4 is 0 Å². The lowest BCUT2D eigenvalue weighted by Crippen LogP contribution is -2.50. The highest BCUT2D eigenvalue weighted by atomic mass is 32.2. The van der Waals surface area contributed by atoms with E-state index in [1.165, 1.54) is 4.31 Å². The lowest BCUT2D eigenvalue weighted by Gasteiger charge is -2.34. The number of fused-ring (bicyclic) bond motifs is 2. The largest absolute Gasteiger partial charge is 0.360 e. The van der Waals surface area contributed by atoms with Crippen LogP contribution in [0.15, 0.2) is 53.6 Å². The fourth-order valence-corrected chi connectivity index (χ4v) is 5.85. The van der Waals surface area contributed by atoms with Crippen molar-refractivity contribution in [3.05, 3.63) is 54.2 Å². The molecule has 29 heavy (non-hydrogen) atoms. The number of benzene rings is 2. The molecular formula is C19H17N5O3S2. The summed E-state index contributed by atoms with van der Waals surface area (Å²) in [4.78, 5) is 17.9. The molecule has 1 aliphatic heterocycles. The molecule has 0 unspecified atom stereocenters. The molecule has 0 atom stereocenters. The van der Waals surface area contributed by atoms with E-state index in [1.54, 1.807) is 29.3 Å². The minimum atomic E-state index is -3.70. The quantitative estimate of drug-likeness (QED) is 0.541. The molecule has 0 bridgehead atoms. The zero-order valence-electron chi connectivity index (χ0n) is 15.3. The number of para-hydroxylation sites is 1. The van der Waals surface area contributed by atoms with Gasteiger partial charge in [0.2, 0.25) is 10.0 Å². The standard InChI is InChI=1S/C19H17N5O3S2/c25-19(14-12-20-15-5-2-1-4-13(14)15)23-8-10-24(11-9-23)29(26,27)17-7-3-6-16-18(17)22-28-21-16/h1-7,12,20H,8-11H2. The average Bonchev–Trinajstić information content (AvgIpc) is 3.40. The molecule has 2 aromatic heterocycles. The fourth-order valence-electron chi connectivity index (χ4n) is 3.68. The van der Waals surface area contributed by atoms with E-state index in [2.05, 4.69) is 13.7 Å². The number of nitrogens with one attached hydrogen (secondary N) is 1. The number of piperazine rings is 1. The molecule has 0 aliphatic carbocycles. The Balaban J connectivity index is 1.36. The van der Waals surface area contributed by atoms with Gasteiger partial charge >= 0.3 is 0 Å². The van der Waals surface area contributed by atoms with E-state index in [4.69, 9.17) is 0 Å². The van der Waals surface area contributed by atoms with Gasteiger partial charge in [0.1, 0.15) is 15.9 Å². The lowest BCUT2D eigenvalue weighted by atomic mass is 10.1. The average molecular weight is 428 g/mol.